The SMILES string of the molecule is COc1cccc(OCCOc2cc(C(N)=S)ccc2OC)c1. The quantitative estimate of drug-likeness (QED) is 0.592. The summed E-state index contributed by atoms with van der Waals surface area (Å²) in [5, 5.41) is 0. The van der Waals surface area contributed by atoms with E-state index < -0.39 is 0 Å². The molecule has 0 aromatic heterocycles. The Morgan fingerprint density at radius 3 is 2.35 bits per heavy atom. The highest BCUT2D eigenvalue weighted by atomic mass is 32.1. The van der Waals surface area contributed by atoms with E-state index in [-0.39, 0.29) is 0 Å². The van der Waals surface area contributed by atoms with Crippen molar-refractivity contribution in [3.8, 4) is 23.0 Å². The Morgan fingerprint density at radius 1 is 0.913 bits per heavy atom. The van der Waals surface area contributed by atoms with Gasteiger partial charge in [-0.15, -0.1) is 0 Å². The van der Waals surface area contributed by atoms with E-state index in [4.69, 9.17) is 36.9 Å². The number of rotatable bonds is 8. The highest BCUT2D eigenvalue weighted by molar-refractivity contribution is 7.80. The summed E-state index contributed by atoms with van der Waals surface area (Å²) in [6, 6.07) is 12.7. The Bertz CT molecular complexity index is 675. The summed E-state index contributed by atoms with van der Waals surface area (Å²) in [6.45, 7) is 0.738. The van der Waals surface area contributed by atoms with Crippen LogP contribution in [0.3, 0.4) is 0 Å². The Hall–Kier alpha value is -2.47. The minimum atomic E-state index is 0.310. The molecule has 0 amide bonds. The fraction of sp³-hybridized carbons (Fsp3) is 0.235. The van der Waals surface area contributed by atoms with Crippen LogP contribution in [-0.4, -0.2) is 32.4 Å². The predicted molar refractivity (Wildman–Crippen MR) is 92.9 cm³/mol. The Labute approximate surface area is 140 Å². The number of methoxy groups -OCH3 is 2. The van der Waals surface area contributed by atoms with Crippen molar-refractivity contribution in [1.29, 1.82) is 0 Å². The van der Waals surface area contributed by atoms with Crippen LogP contribution in [0, 0.1) is 0 Å². The topological polar surface area (TPSA) is 62.9 Å². The zero-order valence-corrected chi connectivity index (χ0v) is 13.9. The number of ether oxygens (including phenoxy) is 4. The van der Waals surface area contributed by atoms with Crippen LogP contribution < -0.4 is 24.7 Å². The smallest absolute Gasteiger partial charge is 0.162 e. The first-order valence-corrected chi connectivity index (χ1v) is 7.42. The molecule has 0 aliphatic carbocycles. The molecule has 2 aromatic rings. The number of hydrogen-bond donors (Lipinski definition) is 1. The molecule has 23 heavy (non-hydrogen) atoms. The van der Waals surface area contributed by atoms with Crippen molar-refractivity contribution < 1.29 is 18.9 Å². The summed E-state index contributed by atoms with van der Waals surface area (Å²) in [5.41, 5.74) is 6.36. The molecule has 5 nitrogen and oxygen atoms in total. The van der Waals surface area contributed by atoms with E-state index in [1.807, 2.05) is 24.3 Å². The maximum Gasteiger partial charge on any atom is 0.162 e. The molecule has 0 atom stereocenters. The minimum absolute atomic E-state index is 0.310. The van der Waals surface area contributed by atoms with E-state index >= 15 is 0 Å². The average molecular weight is 333 g/mol. The van der Waals surface area contributed by atoms with Gasteiger partial charge in [-0.25, -0.2) is 0 Å². The van der Waals surface area contributed by atoms with Gasteiger partial charge in [0, 0.05) is 11.6 Å². The van der Waals surface area contributed by atoms with Crippen LogP contribution in [0.1, 0.15) is 5.56 Å². The highest BCUT2D eigenvalue weighted by Crippen LogP contribution is 2.28. The normalized spacial score (nSPS) is 10.0. The second-order valence-electron chi connectivity index (χ2n) is 4.61. The third kappa shape index (κ3) is 4.75. The van der Waals surface area contributed by atoms with Gasteiger partial charge >= 0.3 is 0 Å². The summed E-state index contributed by atoms with van der Waals surface area (Å²) < 4.78 is 21.7. The van der Waals surface area contributed by atoms with E-state index in [1.165, 1.54) is 0 Å². The zero-order chi connectivity index (χ0) is 16.7. The summed E-state index contributed by atoms with van der Waals surface area (Å²) in [5.74, 6) is 2.66. The summed E-state index contributed by atoms with van der Waals surface area (Å²) in [7, 11) is 3.19. The van der Waals surface area contributed by atoms with E-state index in [0.29, 0.717) is 29.7 Å². The second kappa shape index (κ2) is 8.24. The zero-order valence-electron chi connectivity index (χ0n) is 13.1. The van der Waals surface area contributed by atoms with Gasteiger partial charge in [0.2, 0.25) is 0 Å². The average Bonchev–Trinajstić information content (AvgIpc) is 2.58. The van der Waals surface area contributed by atoms with Gasteiger partial charge in [-0.1, -0.05) is 18.3 Å². The van der Waals surface area contributed by atoms with E-state index in [1.54, 1.807) is 32.4 Å². The Kier molecular flexibility index (Phi) is 6.05. The van der Waals surface area contributed by atoms with Gasteiger partial charge in [0.15, 0.2) is 11.5 Å². The van der Waals surface area contributed by atoms with Crippen molar-refractivity contribution in [2.24, 2.45) is 5.73 Å². The van der Waals surface area contributed by atoms with Crippen LogP contribution in [0.4, 0.5) is 0 Å². The number of benzene rings is 2. The molecule has 0 saturated heterocycles. The molecule has 0 spiro atoms. The lowest BCUT2D eigenvalue weighted by Gasteiger charge is -2.13. The van der Waals surface area contributed by atoms with Crippen molar-refractivity contribution >= 4 is 17.2 Å². The maximum atomic E-state index is 5.70. The molecule has 2 aromatic carbocycles. The molecule has 0 aliphatic rings. The standard InChI is InChI=1S/C17H19NO4S/c1-19-13-4-3-5-14(11-13)21-8-9-22-16-10-12(17(18)23)6-7-15(16)20-2/h3-7,10-11H,8-9H2,1-2H3,(H2,18,23). The molecular formula is C17H19NO4S. The van der Waals surface area contributed by atoms with Crippen LogP contribution in [0.25, 0.3) is 0 Å². The fourth-order valence-corrected chi connectivity index (χ4v) is 2.07. The monoisotopic (exact) mass is 333 g/mol. The summed E-state index contributed by atoms with van der Waals surface area (Å²) in [6.07, 6.45) is 0. The summed E-state index contributed by atoms with van der Waals surface area (Å²) >= 11 is 4.97. The van der Waals surface area contributed by atoms with E-state index in [2.05, 4.69) is 0 Å². The lowest BCUT2D eigenvalue weighted by atomic mass is 10.2. The van der Waals surface area contributed by atoms with Crippen molar-refractivity contribution in [3.63, 3.8) is 0 Å². The van der Waals surface area contributed by atoms with Gasteiger partial charge in [-0.3, -0.25) is 0 Å². The second-order valence-corrected chi connectivity index (χ2v) is 5.05. The van der Waals surface area contributed by atoms with Crippen molar-refractivity contribution in [1.82, 2.24) is 0 Å². The van der Waals surface area contributed by atoms with Crippen LogP contribution >= 0.6 is 12.2 Å². The van der Waals surface area contributed by atoms with Gasteiger partial charge in [-0.2, -0.15) is 0 Å². The molecule has 2 rings (SSSR count). The minimum Gasteiger partial charge on any atom is -0.497 e. The van der Waals surface area contributed by atoms with Gasteiger partial charge < -0.3 is 24.7 Å². The number of nitrogens with two attached hydrogens (primary N) is 1. The van der Waals surface area contributed by atoms with Crippen LogP contribution in [-0.2, 0) is 0 Å². The first-order valence-electron chi connectivity index (χ1n) is 7.01. The first kappa shape index (κ1) is 16.9. The molecule has 0 aliphatic heterocycles. The highest BCUT2D eigenvalue weighted by Gasteiger charge is 2.07. The molecule has 2 N–H and O–H groups in total. The van der Waals surface area contributed by atoms with Gasteiger partial charge in [0.25, 0.3) is 0 Å². The van der Waals surface area contributed by atoms with Crippen LogP contribution in [0.5, 0.6) is 23.0 Å². The van der Waals surface area contributed by atoms with E-state index in [0.717, 1.165) is 17.1 Å². The molecule has 0 saturated carbocycles. The largest absolute Gasteiger partial charge is 0.497 e. The molecule has 122 valence electrons. The number of hydrogen-bond acceptors (Lipinski definition) is 5. The molecular weight excluding hydrogens is 314 g/mol. The van der Waals surface area contributed by atoms with Crippen molar-refractivity contribution in [2.45, 2.75) is 0 Å². The molecule has 0 fully saturated rings. The van der Waals surface area contributed by atoms with Gasteiger partial charge in [-0.05, 0) is 30.3 Å². The third-order valence-electron chi connectivity index (χ3n) is 3.10. The van der Waals surface area contributed by atoms with Crippen molar-refractivity contribution in [3.05, 3.63) is 48.0 Å². The Balaban J connectivity index is 1.92. The fourth-order valence-electron chi connectivity index (χ4n) is 1.94. The van der Waals surface area contributed by atoms with Crippen LogP contribution in [0.15, 0.2) is 42.5 Å². The molecule has 0 unspecified atom stereocenters. The van der Waals surface area contributed by atoms with E-state index in [9.17, 15) is 0 Å². The van der Waals surface area contributed by atoms with Crippen LogP contribution in [0.2, 0.25) is 0 Å². The predicted octanol–water partition coefficient (Wildman–Crippen LogP) is 2.80. The molecule has 6 heteroatoms. The van der Waals surface area contributed by atoms with Crippen molar-refractivity contribution in [2.75, 3.05) is 27.4 Å². The molecule has 0 radical (unpaired) electrons. The summed E-state index contributed by atoms with van der Waals surface area (Å²) in [4.78, 5) is 0.310. The van der Waals surface area contributed by atoms with Gasteiger partial charge in [0.1, 0.15) is 29.7 Å². The lowest BCUT2D eigenvalue weighted by molar-refractivity contribution is 0.211. The molecule has 0 bridgehead atoms. The molecule has 0 heterocycles. The Morgan fingerprint density at radius 2 is 1.65 bits per heavy atom. The van der Waals surface area contributed by atoms with Gasteiger partial charge in [0.05, 0.1) is 14.2 Å². The maximum absolute atomic E-state index is 5.70. The third-order valence-corrected chi connectivity index (χ3v) is 3.33. The lowest BCUT2D eigenvalue weighted by Crippen LogP contribution is -2.12. The number of thiocarbonyl (C=S) groups is 1. The first-order chi connectivity index (χ1) is 11.1.